The van der Waals surface area contributed by atoms with Crippen LogP contribution in [0.25, 0.3) is 0 Å². The lowest BCUT2D eigenvalue weighted by Gasteiger charge is -2.21. The summed E-state index contributed by atoms with van der Waals surface area (Å²) in [4.78, 5) is 56.9. The van der Waals surface area contributed by atoms with E-state index in [4.69, 9.17) is 9.47 Å². The van der Waals surface area contributed by atoms with Crippen LogP contribution in [0.15, 0.2) is 53.9 Å². The van der Waals surface area contributed by atoms with E-state index in [9.17, 15) is 19.2 Å². The first-order valence-corrected chi connectivity index (χ1v) is 11.2. The van der Waals surface area contributed by atoms with E-state index in [1.165, 1.54) is 37.2 Å². The van der Waals surface area contributed by atoms with Gasteiger partial charge in [0, 0.05) is 12.3 Å². The molecule has 1 aliphatic heterocycles. The van der Waals surface area contributed by atoms with E-state index in [2.05, 4.69) is 4.98 Å². The molecule has 1 aromatic heterocycles. The number of aromatic nitrogens is 1. The number of nitrogens with zero attached hydrogens (tertiary/aromatic N) is 3. The molecule has 1 unspecified atom stereocenters. The third-order valence-electron chi connectivity index (χ3n) is 5.29. The normalized spacial score (nSPS) is 13.4. The van der Waals surface area contributed by atoms with Crippen LogP contribution in [-0.4, -0.2) is 46.7 Å². The highest BCUT2D eigenvalue weighted by atomic mass is 32.1. The number of imide groups is 1. The van der Waals surface area contributed by atoms with Crippen LogP contribution in [-0.2, 0) is 20.9 Å². The second-order valence-corrected chi connectivity index (χ2v) is 8.29. The fraction of sp³-hybridized carbons (Fsp3) is 0.208. The summed E-state index contributed by atoms with van der Waals surface area (Å²) in [6.45, 7) is 2.67. The molecule has 34 heavy (non-hydrogen) atoms. The van der Waals surface area contributed by atoms with Crippen molar-refractivity contribution in [3.8, 4) is 5.75 Å². The van der Waals surface area contributed by atoms with E-state index in [1.807, 2.05) is 0 Å². The van der Waals surface area contributed by atoms with Gasteiger partial charge in [-0.3, -0.25) is 24.2 Å². The van der Waals surface area contributed by atoms with Crippen LogP contribution in [0.4, 0.5) is 10.8 Å². The van der Waals surface area contributed by atoms with E-state index in [-0.39, 0.29) is 23.6 Å². The van der Waals surface area contributed by atoms with Crippen molar-refractivity contribution >= 4 is 45.8 Å². The molecule has 9 nitrogen and oxygen atoms in total. The Morgan fingerprint density at radius 1 is 1.06 bits per heavy atom. The highest BCUT2D eigenvalue weighted by Gasteiger charge is 2.41. The smallest absolute Gasteiger partial charge is 0.329 e. The number of carbonyl (C=O) groups excluding carboxylic acids is 4. The van der Waals surface area contributed by atoms with Crippen LogP contribution >= 0.6 is 11.3 Å². The molecule has 1 aliphatic rings. The quantitative estimate of drug-likeness (QED) is 0.377. The molecule has 10 heteroatoms. The molecule has 0 saturated carbocycles. The van der Waals surface area contributed by atoms with E-state index in [0.717, 1.165) is 4.90 Å². The Hall–Kier alpha value is -4.05. The van der Waals surface area contributed by atoms with Gasteiger partial charge in [0.15, 0.2) is 5.13 Å². The van der Waals surface area contributed by atoms with Crippen LogP contribution in [0.1, 0.15) is 40.3 Å². The average molecular weight is 480 g/mol. The monoisotopic (exact) mass is 479 g/mol. The average Bonchev–Trinajstić information content (AvgIpc) is 3.40. The van der Waals surface area contributed by atoms with Gasteiger partial charge in [0.1, 0.15) is 18.4 Å². The van der Waals surface area contributed by atoms with Gasteiger partial charge >= 0.3 is 5.97 Å². The molecule has 174 valence electrons. The van der Waals surface area contributed by atoms with Gasteiger partial charge < -0.3 is 9.47 Å². The number of methoxy groups -OCH3 is 1. The van der Waals surface area contributed by atoms with E-state index in [0.29, 0.717) is 22.3 Å². The lowest BCUT2D eigenvalue weighted by Crippen LogP contribution is -2.43. The van der Waals surface area contributed by atoms with Gasteiger partial charge in [-0.05, 0) is 31.2 Å². The van der Waals surface area contributed by atoms with E-state index in [1.54, 1.807) is 53.9 Å². The summed E-state index contributed by atoms with van der Waals surface area (Å²) in [6.07, 6.45) is 0. The lowest BCUT2D eigenvalue weighted by atomic mass is 10.1. The molecule has 0 saturated heterocycles. The minimum Gasteiger partial charge on any atom is -0.495 e. The third kappa shape index (κ3) is 4.15. The van der Waals surface area contributed by atoms with Gasteiger partial charge in [0.2, 0.25) is 5.91 Å². The molecule has 0 fully saturated rings. The predicted molar refractivity (Wildman–Crippen MR) is 124 cm³/mol. The summed E-state index contributed by atoms with van der Waals surface area (Å²) >= 11 is 1.21. The number of carbonyl (C=O) groups is 4. The lowest BCUT2D eigenvalue weighted by molar-refractivity contribution is -0.149. The number of esters is 1. The molecule has 0 radical (unpaired) electrons. The van der Waals surface area contributed by atoms with Crippen molar-refractivity contribution in [1.29, 1.82) is 0 Å². The maximum atomic E-state index is 12.6. The maximum absolute atomic E-state index is 12.6. The Morgan fingerprint density at radius 3 is 2.29 bits per heavy atom. The third-order valence-corrected chi connectivity index (χ3v) is 6.16. The van der Waals surface area contributed by atoms with Crippen molar-refractivity contribution < 1.29 is 28.7 Å². The van der Waals surface area contributed by atoms with Crippen LogP contribution in [0.5, 0.6) is 5.75 Å². The molecule has 0 N–H and O–H groups in total. The number of hydrogen-bond acceptors (Lipinski definition) is 8. The highest BCUT2D eigenvalue weighted by Crippen LogP contribution is 2.35. The van der Waals surface area contributed by atoms with Crippen LogP contribution in [0.3, 0.4) is 0 Å². The topological polar surface area (TPSA) is 106 Å². The van der Waals surface area contributed by atoms with Crippen molar-refractivity contribution in [1.82, 2.24) is 9.88 Å². The van der Waals surface area contributed by atoms with Crippen molar-refractivity contribution in [2.24, 2.45) is 0 Å². The molecule has 0 aliphatic carbocycles. The van der Waals surface area contributed by atoms with Crippen LogP contribution in [0, 0.1) is 0 Å². The van der Waals surface area contributed by atoms with Gasteiger partial charge in [0.05, 0.1) is 29.6 Å². The second kappa shape index (κ2) is 9.44. The standard InChI is InChI=1S/C24H21N3O6S/c1-14(26-21(29)17-8-4-5-9-18(17)22(26)30)23(31)33-12-16-13-34-24(25-16)27(15(2)28)19-10-6-7-11-20(19)32-3/h4-11,13-14H,12H2,1-3H3. The van der Waals surface area contributed by atoms with Crippen molar-refractivity contribution in [2.75, 3.05) is 12.0 Å². The molecule has 3 aromatic rings. The number of benzene rings is 2. The molecule has 0 spiro atoms. The molecule has 3 amide bonds. The molecule has 2 heterocycles. The van der Waals surface area contributed by atoms with Gasteiger partial charge in [-0.25, -0.2) is 9.78 Å². The van der Waals surface area contributed by atoms with Gasteiger partial charge in [0.25, 0.3) is 11.8 Å². The number of hydrogen-bond donors (Lipinski definition) is 0. The zero-order valence-electron chi connectivity index (χ0n) is 18.7. The predicted octanol–water partition coefficient (Wildman–Crippen LogP) is 3.56. The number of para-hydroxylation sites is 2. The number of anilines is 2. The largest absolute Gasteiger partial charge is 0.495 e. The summed E-state index contributed by atoms with van der Waals surface area (Å²) in [5.74, 6) is -1.56. The van der Waals surface area contributed by atoms with E-state index >= 15 is 0 Å². The molecular weight excluding hydrogens is 458 g/mol. The number of fused-ring (bicyclic) bond motifs is 1. The van der Waals surface area contributed by atoms with Gasteiger partial charge in [-0.2, -0.15) is 0 Å². The summed E-state index contributed by atoms with van der Waals surface area (Å²) in [5.41, 5.74) is 1.48. The Bertz CT molecular complexity index is 1250. The van der Waals surface area contributed by atoms with Crippen molar-refractivity contribution in [3.63, 3.8) is 0 Å². The summed E-state index contributed by atoms with van der Waals surface area (Å²) in [6, 6.07) is 12.4. The first-order chi connectivity index (χ1) is 16.3. The summed E-state index contributed by atoms with van der Waals surface area (Å²) in [7, 11) is 1.51. The summed E-state index contributed by atoms with van der Waals surface area (Å²) < 4.78 is 10.7. The first-order valence-electron chi connectivity index (χ1n) is 10.3. The van der Waals surface area contributed by atoms with Gasteiger partial charge in [-0.1, -0.05) is 24.3 Å². The summed E-state index contributed by atoms with van der Waals surface area (Å²) in [5, 5.41) is 2.05. The minimum absolute atomic E-state index is 0.180. The fourth-order valence-electron chi connectivity index (χ4n) is 3.62. The number of ether oxygens (including phenoxy) is 2. The van der Waals surface area contributed by atoms with Crippen molar-refractivity contribution in [2.45, 2.75) is 26.5 Å². The SMILES string of the molecule is COc1ccccc1N(C(C)=O)c1nc(COC(=O)C(C)N2C(=O)c3ccccc3C2=O)cs1. The van der Waals surface area contributed by atoms with E-state index < -0.39 is 23.8 Å². The Labute approximate surface area is 199 Å². The fourth-order valence-corrected chi connectivity index (χ4v) is 4.48. The number of amides is 3. The molecule has 2 aromatic carbocycles. The Kier molecular flexibility index (Phi) is 6.42. The molecule has 4 rings (SSSR count). The number of thiazole rings is 1. The van der Waals surface area contributed by atoms with Crippen molar-refractivity contribution in [3.05, 3.63) is 70.7 Å². The maximum Gasteiger partial charge on any atom is 0.329 e. The second-order valence-electron chi connectivity index (χ2n) is 7.46. The van der Waals surface area contributed by atoms with Crippen LogP contribution < -0.4 is 9.64 Å². The highest BCUT2D eigenvalue weighted by molar-refractivity contribution is 7.14. The zero-order valence-corrected chi connectivity index (χ0v) is 19.5. The van der Waals surface area contributed by atoms with Crippen LogP contribution in [0.2, 0.25) is 0 Å². The molecule has 1 atom stereocenters. The first kappa shape index (κ1) is 23.1. The van der Waals surface area contributed by atoms with Gasteiger partial charge in [-0.15, -0.1) is 11.3 Å². The minimum atomic E-state index is -1.10. The number of rotatable bonds is 7. The Balaban J connectivity index is 1.45. The Morgan fingerprint density at radius 2 is 1.68 bits per heavy atom. The zero-order chi connectivity index (χ0) is 24.4. The molecular formula is C24H21N3O6S. The molecule has 0 bridgehead atoms.